The minimum atomic E-state index is -0.00631. The molecular weight excluding hydrogens is 284 g/mol. The predicted molar refractivity (Wildman–Crippen MR) is 95.3 cm³/mol. The van der Waals surface area contributed by atoms with Crippen LogP contribution in [-0.4, -0.2) is 11.2 Å². The van der Waals surface area contributed by atoms with Crippen molar-refractivity contribution in [3.63, 3.8) is 0 Å². The van der Waals surface area contributed by atoms with Gasteiger partial charge >= 0.3 is 0 Å². The number of aromatic hydroxyl groups is 1. The van der Waals surface area contributed by atoms with Gasteiger partial charge in [-0.25, -0.2) is 0 Å². The first-order valence-electron chi connectivity index (χ1n) is 9.17. The number of phenols is 1. The molecule has 3 rings (SSSR count). The first-order valence-corrected chi connectivity index (χ1v) is 9.17. The molecule has 1 unspecified atom stereocenters. The minimum Gasteiger partial charge on any atom is -0.508 e. The van der Waals surface area contributed by atoms with Crippen molar-refractivity contribution >= 4 is 0 Å². The molecule has 0 amide bonds. The number of benzene rings is 1. The zero-order chi connectivity index (χ0) is 16.6. The Hall–Kier alpha value is -1.44. The van der Waals surface area contributed by atoms with Gasteiger partial charge in [-0.05, 0) is 48.8 Å². The number of allylic oxidation sites excluding steroid dienone is 1. The highest BCUT2D eigenvalue weighted by Gasteiger charge is 2.42. The molecule has 0 spiro atoms. The number of ether oxygens (including phenoxy) is 1. The molecule has 1 aromatic carbocycles. The van der Waals surface area contributed by atoms with Gasteiger partial charge in [-0.1, -0.05) is 46.6 Å². The smallest absolute Gasteiger partial charge is 0.128 e. The van der Waals surface area contributed by atoms with Crippen molar-refractivity contribution in [2.24, 2.45) is 5.92 Å². The molecule has 2 atom stereocenters. The van der Waals surface area contributed by atoms with Crippen LogP contribution in [0.3, 0.4) is 0 Å². The number of phenolic OH excluding ortho intramolecular Hbond substituents is 1. The van der Waals surface area contributed by atoms with Gasteiger partial charge in [-0.15, -0.1) is 0 Å². The van der Waals surface area contributed by atoms with Crippen LogP contribution in [0, 0.1) is 5.92 Å². The van der Waals surface area contributed by atoms with E-state index in [4.69, 9.17) is 4.74 Å². The van der Waals surface area contributed by atoms with Crippen LogP contribution in [-0.2, 0) is 11.8 Å². The normalized spacial score (nSPS) is 25.1. The number of hydrogen-bond donors (Lipinski definition) is 1. The van der Waals surface area contributed by atoms with E-state index >= 15 is 0 Å². The first-order chi connectivity index (χ1) is 10.9. The van der Waals surface area contributed by atoms with Gasteiger partial charge in [-0.2, -0.15) is 0 Å². The number of rotatable bonds is 4. The lowest BCUT2D eigenvalue weighted by atomic mass is 9.67. The average Bonchev–Trinajstić information content (AvgIpc) is 2.45. The molecule has 1 aliphatic carbocycles. The van der Waals surface area contributed by atoms with Crippen molar-refractivity contribution in [3.05, 3.63) is 34.9 Å². The number of aryl methyl sites for hydroxylation is 1. The van der Waals surface area contributed by atoms with Gasteiger partial charge in [0.05, 0.1) is 0 Å². The molecule has 0 saturated heterocycles. The second kappa shape index (κ2) is 6.22. The van der Waals surface area contributed by atoms with Gasteiger partial charge < -0.3 is 9.84 Å². The highest BCUT2D eigenvalue weighted by Crippen LogP contribution is 2.50. The molecule has 1 aliphatic heterocycles. The van der Waals surface area contributed by atoms with Crippen molar-refractivity contribution in [1.82, 2.24) is 0 Å². The number of fused-ring (bicyclic) bond motifs is 2. The maximum atomic E-state index is 10.1. The molecule has 0 saturated carbocycles. The van der Waals surface area contributed by atoms with Crippen LogP contribution >= 0.6 is 0 Å². The van der Waals surface area contributed by atoms with Gasteiger partial charge in [0.25, 0.3) is 0 Å². The summed E-state index contributed by atoms with van der Waals surface area (Å²) in [6.07, 6.45) is 9.44. The van der Waals surface area contributed by atoms with Crippen LogP contribution in [0.15, 0.2) is 23.8 Å². The Morgan fingerprint density at radius 2 is 2.04 bits per heavy atom. The zero-order valence-corrected chi connectivity index (χ0v) is 15.0. The van der Waals surface area contributed by atoms with E-state index in [0.29, 0.717) is 11.7 Å². The fraction of sp³-hybridized carbons (Fsp3) is 0.619. The highest BCUT2D eigenvalue weighted by molar-refractivity contribution is 5.56. The second-order valence-electron chi connectivity index (χ2n) is 7.90. The summed E-state index contributed by atoms with van der Waals surface area (Å²) in [6.45, 7) is 9.16. The van der Waals surface area contributed by atoms with Crippen LogP contribution in [0.4, 0.5) is 0 Å². The van der Waals surface area contributed by atoms with Crippen molar-refractivity contribution in [3.8, 4) is 11.5 Å². The van der Waals surface area contributed by atoms with E-state index in [9.17, 15) is 5.11 Å². The molecular formula is C21H30O2. The quantitative estimate of drug-likeness (QED) is 0.585. The maximum Gasteiger partial charge on any atom is 0.128 e. The fourth-order valence-corrected chi connectivity index (χ4v) is 4.34. The van der Waals surface area contributed by atoms with E-state index in [0.717, 1.165) is 25.0 Å². The molecule has 2 aliphatic rings. The van der Waals surface area contributed by atoms with Crippen molar-refractivity contribution in [1.29, 1.82) is 0 Å². The largest absolute Gasteiger partial charge is 0.508 e. The SMILES string of the molecule is CCCCCc1cc(O)cc2c1C(C)(C)C1=CC[C@@H](C)CC1O2. The van der Waals surface area contributed by atoms with Crippen LogP contribution < -0.4 is 4.74 Å². The molecule has 0 fully saturated rings. The van der Waals surface area contributed by atoms with Crippen LogP contribution in [0.25, 0.3) is 0 Å². The van der Waals surface area contributed by atoms with Gasteiger partial charge in [0.15, 0.2) is 0 Å². The third-order valence-corrected chi connectivity index (χ3v) is 5.54. The van der Waals surface area contributed by atoms with E-state index < -0.39 is 0 Å². The summed E-state index contributed by atoms with van der Waals surface area (Å²) in [7, 11) is 0. The van der Waals surface area contributed by atoms with Gasteiger partial charge in [-0.3, -0.25) is 0 Å². The van der Waals surface area contributed by atoms with E-state index in [-0.39, 0.29) is 11.5 Å². The molecule has 0 radical (unpaired) electrons. The Morgan fingerprint density at radius 1 is 1.26 bits per heavy atom. The molecule has 0 bridgehead atoms. The summed E-state index contributed by atoms with van der Waals surface area (Å²) in [5.74, 6) is 1.91. The van der Waals surface area contributed by atoms with Crippen LogP contribution in [0.2, 0.25) is 0 Å². The number of unbranched alkanes of at least 4 members (excludes halogenated alkanes) is 2. The summed E-state index contributed by atoms with van der Waals surface area (Å²) >= 11 is 0. The van der Waals surface area contributed by atoms with E-state index in [2.05, 4.69) is 33.8 Å². The lowest BCUT2D eigenvalue weighted by Gasteiger charge is -2.44. The Bertz CT molecular complexity index is 613. The van der Waals surface area contributed by atoms with Gasteiger partial charge in [0.2, 0.25) is 0 Å². The van der Waals surface area contributed by atoms with E-state index in [1.54, 1.807) is 0 Å². The van der Waals surface area contributed by atoms with Crippen molar-refractivity contribution in [2.75, 3.05) is 0 Å². The van der Waals surface area contributed by atoms with Gasteiger partial charge in [0.1, 0.15) is 17.6 Å². The first kappa shape index (κ1) is 16.4. The molecule has 23 heavy (non-hydrogen) atoms. The standard InChI is InChI=1S/C21H30O2/c1-5-6-7-8-15-12-16(22)13-19-20(15)21(3,4)17-10-9-14(2)11-18(17)23-19/h10,12-14,18,22H,5-9,11H2,1-4H3/t14-,18?/m1/s1. The molecule has 2 nitrogen and oxygen atoms in total. The van der Waals surface area contributed by atoms with Crippen molar-refractivity contribution in [2.45, 2.75) is 77.7 Å². The van der Waals surface area contributed by atoms with E-state index in [1.165, 1.54) is 36.0 Å². The Kier molecular flexibility index (Phi) is 4.44. The van der Waals surface area contributed by atoms with Crippen LogP contribution in [0.5, 0.6) is 11.5 Å². The van der Waals surface area contributed by atoms with Crippen molar-refractivity contribution < 1.29 is 9.84 Å². The summed E-state index contributed by atoms with van der Waals surface area (Å²) in [4.78, 5) is 0. The van der Waals surface area contributed by atoms with Gasteiger partial charge in [0, 0.05) is 17.0 Å². The average molecular weight is 314 g/mol. The topological polar surface area (TPSA) is 29.5 Å². The molecule has 1 heterocycles. The Labute approximate surface area is 140 Å². The Balaban J connectivity index is 2.04. The van der Waals surface area contributed by atoms with E-state index in [1.807, 2.05) is 12.1 Å². The zero-order valence-electron chi connectivity index (χ0n) is 15.0. The third kappa shape index (κ3) is 3.00. The monoisotopic (exact) mass is 314 g/mol. The molecule has 0 aromatic heterocycles. The molecule has 1 N–H and O–H groups in total. The lowest BCUT2D eigenvalue weighted by Crippen LogP contribution is -2.40. The summed E-state index contributed by atoms with van der Waals surface area (Å²) in [5, 5.41) is 10.1. The number of hydrogen-bond acceptors (Lipinski definition) is 2. The maximum absolute atomic E-state index is 10.1. The van der Waals surface area contributed by atoms with Crippen LogP contribution in [0.1, 0.15) is 70.9 Å². The summed E-state index contributed by atoms with van der Waals surface area (Å²) in [6, 6.07) is 3.77. The highest BCUT2D eigenvalue weighted by atomic mass is 16.5. The third-order valence-electron chi connectivity index (χ3n) is 5.54. The molecule has 126 valence electrons. The Morgan fingerprint density at radius 3 is 2.78 bits per heavy atom. The summed E-state index contributed by atoms with van der Waals surface area (Å²) < 4.78 is 6.34. The summed E-state index contributed by atoms with van der Waals surface area (Å²) in [5.41, 5.74) is 3.98. The molecule has 1 aromatic rings. The minimum absolute atomic E-state index is 0.00631. The fourth-order valence-electron chi connectivity index (χ4n) is 4.34. The lowest BCUT2D eigenvalue weighted by molar-refractivity contribution is 0.157. The molecule has 2 heteroatoms. The second-order valence-corrected chi connectivity index (χ2v) is 7.90. The predicted octanol–water partition coefficient (Wildman–Crippen LogP) is 5.52.